The van der Waals surface area contributed by atoms with E-state index in [0.29, 0.717) is 0 Å². The summed E-state index contributed by atoms with van der Waals surface area (Å²) in [7, 11) is 0. The highest BCUT2D eigenvalue weighted by molar-refractivity contribution is 9.11. The third kappa shape index (κ3) is 1.99. The number of hydrogen-bond donors (Lipinski definition) is 0. The minimum atomic E-state index is 0.796. The lowest BCUT2D eigenvalue weighted by Gasteiger charge is -2.02. The van der Waals surface area contributed by atoms with E-state index < -0.39 is 0 Å². The Kier molecular flexibility index (Phi) is 2.88. The molecule has 2 heterocycles. The molecule has 0 fully saturated rings. The second-order valence-electron chi connectivity index (χ2n) is 2.61. The molecule has 14 heavy (non-hydrogen) atoms. The summed E-state index contributed by atoms with van der Waals surface area (Å²) in [5.41, 5.74) is 1.92. The number of aromatic nitrogens is 3. The Bertz CT molecular complexity index is 445. The maximum Gasteiger partial charge on any atom is 0.115 e. The molecule has 0 aliphatic heterocycles. The van der Waals surface area contributed by atoms with Crippen molar-refractivity contribution in [1.82, 2.24) is 15.0 Å². The van der Waals surface area contributed by atoms with Gasteiger partial charge in [0.1, 0.15) is 10.9 Å². The van der Waals surface area contributed by atoms with E-state index in [1.54, 1.807) is 18.6 Å². The second kappa shape index (κ2) is 4.14. The Morgan fingerprint density at radius 1 is 1.00 bits per heavy atom. The lowest BCUT2D eigenvalue weighted by molar-refractivity contribution is 1.16. The zero-order valence-electron chi connectivity index (χ0n) is 6.98. The molecule has 0 unspecified atom stereocenters. The van der Waals surface area contributed by atoms with Gasteiger partial charge >= 0.3 is 0 Å². The lowest BCUT2D eigenvalue weighted by Crippen LogP contribution is -1.85. The summed E-state index contributed by atoms with van der Waals surface area (Å²) >= 11 is 6.75. The van der Waals surface area contributed by atoms with Gasteiger partial charge in [-0.2, -0.15) is 0 Å². The smallest absolute Gasteiger partial charge is 0.115 e. The maximum absolute atomic E-state index is 4.15. The number of nitrogens with zero attached hydrogens (tertiary/aromatic N) is 3. The molecule has 3 nitrogen and oxygen atoms in total. The van der Waals surface area contributed by atoms with Crippen LogP contribution in [0.1, 0.15) is 0 Å². The van der Waals surface area contributed by atoms with E-state index in [-0.39, 0.29) is 0 Å². The van der Waals surface area contributed by atoms with Gasteiger partial charge in [-0.25, -0.2) is 15.0 Å². The lowest BCUT2D eigenvalue weighted by atomic mass is 10.2. The predicted molar refractivity (Wildman–Crippen MR) is 60.7 cm³/mol. The molecule has 0 aliphatic rings. The van der Waals surface area contributed by atoms with Gasteiger partial charge in [0, 0.05) is 34.2 Å². The van der Waals surface area contributed by atoms with Gasteiger partial charge in [0.15, 0.2) is 0 Å². The summed E-state index contributed by atoms with van der Waals surface area (Å²) in [6, 6.07) is 1.89. The molecule has 0 N–H and O–H groups in total. The van der Waals surface area contributed by atoms with Gasteiger partial charge in [-0.3, -0.25) is 0 Å². The molecular weight excluding hydrogens is 310 g/mol. The number of halogens is 2. The molecule has 0 amide bonds. The normalized spacial score (nSPS) is 10.1. The Labute approximate surface area is 97.9 Å². The second-order valence-corrected chi connectivity index (χ2v) is 4.28. The summed E-state index contributed by atoms with van der Waals surface area (Å²) in [4.78, 5) is 12.1. The standard InChI is InChI=1S/C9H5Br2N3/c10-8-1-9(11)14-4-7(8)6-2-12-5-13-3-6/h1-5H. The van der Waals surface area contributed by atoms with E-state index in [2.05, 4.69) is 46.8 Å². The molecule has 0 aromatic carbocycles. The maximum atomic E-state index is 4.15. The average Bonchev–Trinajstić information content (AvgIpc) is 2.19. The third-order valence-corrected chi connectivity index (χ3v) is 2.78. The van der Waals surface area contributed by atoms with Gasteiger partial charge < -0.3 is 0 Å². The van der Waals surface area contributed by atoms with Crippen molar-refractivity contribution in [2.75, 3.05) is 0 Å². The van der Waals surface area contributed by atoms with Crippen molar-refractivity contribution in [3.8, 4) is 11.1 Å². The van der Waals surface area contributed by atoms with Crippen LogP contribution in [-0.2, 0) is 0 Å². The summed E-state index contributed by atoms with van der Waals surface area (Å²) in [6.07, 6.45) is 6.78. The highest BCUT2D eigenvalue weighted by Gasteiger charge is 2.04. The van der Waals surface area contributed by atoms with Gasteiger partial charge in [-0.1, -0.05) is 0 Å². The molecule has 0 aliphatic carbocycles. The Balaban J connectivity index is 2.53. The van der Waals surface area contributed by atoms with Crippen LogP contribution in [0.4, 0.5) is 0 Å². The van der Waals surface area contributed by atoms with Gasteiger partial charge in [0.2, 0.25) is 0 Å². The monoisotopic (exact) mass is 313 g/mol. The molecule has 2 aromatic heterocycles. The SMILES string of the molecule is Brc1cc(Br)c(-c2cncnc2)cn1. The van der Waals surface area contributed by atoms with Crippen molar-refractivity contribution in [3.05, 3.63) is 40.1 Å². The highest BCUT2D eigenvalue weighted by atomic mass is 79.9. The zero-order valence-corrected chi connectivity index (χ0v) is 10.2. The Morgan fingerprint density at radius 3 is 2.36 bits per heavy atom. The summed E-state index contributed by atoms with van der Waals surface area (Å²) in [5, 5.41) is 0. The molecule has 0 atom stereocenters. The van der Waals surface area contributed by atoms with Crippen molar-refractivity contribution in [1.29, 1.82) is 0 Å². The molecule has 0 saturated heterocycles. The third-order valence-electron chi connectivity index (χ3n) is 1.69. The first-order chi connectivity index (χ1) is 6.77. The minimum Gasteiger partial charge on any atom is -0.249 e. The van der Waals surface area contributed by atoms with Crippen molar-refractivity contribution in [2.24, 2.45) is 0 Å². The zero-order chi connectivity index (χ0) is 9.97. The quantitative estimate of drug-likeness (QED) is 0.759. The number of rotatable bonds is 1. The summed E-state index contributed by atoms with van der Waals surface area (Å²) in [5.74, 6) is 0. The van der Waals surface area contributed by atoms with Crippen LogP contribution < -0.4 is 0 Å². The first-order valence-corrected chi connectivity index (χ1v) is 5.42. The molecule has 2 rings (SSSR count). The first-order valence-electron chi connectivity index (χ1n) is 3.84. The molecule has 70 valence electrons. The van der Waals surface area contributed by atoms with Crippen LogP contribution in [0.25, 0.3) is 11.1 Å². The van der Waals surface area contributed by atoms with Crippen LogP contribution in [0.5, 0.6) is 0 Å². The first kappa shape index (κ1) is 9.73. The van der Waals surface area contributed by atoms with Crippen LogP contribution in [-0.4, -0.2) is 15.0 Å². The van der Waals surface area contributed by atoms with Crippen molar-refractivity contribution in [3.63, 3.8) is 0 Å². The molecule has 0 bridgehead atoms. The van der Waals surface area contributed by atoms with Gasteiger partial charge in [-0.05, 0) is 37.9 Å². The van der Waals surface area contributed by atoms with E-state index in [1.165, 1.54) is 6.33 Å². The van der Waals surface area contributed by atoms with Gasteiger partial charge in [-0.15, -0.1) is 0 Å². The minimum absolute atomic E-state index is 0.796. The molecule has 5 heteroatoms. The van der Waals surface area contributed by atoms with E-state index in [1.807, 2.05) is 6.07 Å². The van der Waals surface area contributed by atoms with Crippen LogP contribution in [0.2, 0.25) is 0 Å². The fourth-order valence-corrected chi connectivity index (χ4v) is 2.24. The van der Waals surface area contributed by atoms with E-state index in [9.17, 15) is 0 Å². The molecule has 0 radical (unpaired) electrons. The van der Waals surface area contributed by atoms with E-state index >= 15 is 0 Å². The van der Waals surface area contributed by atoms with Crippen LogP contribution in [0.15, 0.2) is 40.1 Å². The van der Waals surface area contributed by atoms with Crippen LogP contribution in [0, 0.1) is 0 Å². The Hall–Kier alpha value is -0.810. The fraction of sp³-hybridized carbons (Fsp3) is 0. The molecule has 2 aromatic rings. The highest BCUT2D eigenvalue weighted by Crippen LogP contribution is 2.27. The van der Waals surface area contributed by atoms with Crippen molar-refractivity contribution >= 4 is 31.9 Å². The molecular formula is C9H5Br2N3. The topological polar surface area (TPSA) is 38.7 Å². The number of pyridine rings is 1. The number of hydrogen-bond acceptors (Lipinski definition) is 3. The van der Waals surface area contributed by atoms with Gasteiger partial charge in [0.05, 0.1) is 0 Å². The van der Waals surface area contributed by atoms with Crippen molar-refractivity contribution in [2.45, 2.75) is 0 Å². The van der Waals surface area contributed by atoms with Crippen molar-refractivity contribution < 1.29 is 0 Å². The van der Waals surface area contributed by atoms with Gasteiger partial charge in [0.25, 0.3) is 0 Å². The molecule has 0 saturated carbocycles. The Morgan fingerprint density at radius 2 is 1.71 bits per heavy atom. The largest absolute Gasteiger partial charge is 0.249 e. The fourth-order valence-electron chi connectivity index (χ4n) is 1.06. The van der Waals surface area contributed by atoms with E-state index in [0.717, 1.165) is 20.2 Å². The van der Waals surface area contributed by atoms with E-state index in [4.69, 9.17) is 0 Å². The van der Waals surface area contributed by atoms with Crippen LogP contribution in [0.3, 0.4) is 0 Å². The van der Waals surface area contributed by atoms with Crippen LogP contribution >= 0.6 is 31.9 Å². The summed E-state index contributed by atoms with van der Waals surface area (Å²) in [6.45, 7) is 0. The summed E-state index contributed by atoms with van der Waals surface area (Å²) < 4.78 is 1.76. The average molecular weight is 315 g/mol. The predicted octanol–water partition coefficient (Wildman–Crippen LogP) is 3.06. The molecule has 0 spiro atoms.